The molecule has 0 atom stereocenters. The van der Waals surface area contributed by atoms with Gasteiger partial charge in [-0.1, -0.05) is 27.7 Å². The molecule has 0 aromatic heterocycles. The van der Waals surface area contributed by atoms with E-state index in [-0.39, 0.29) is 22.4 Å². The first kappa shape index (κ1) is 16.6. The van der Waals surface area contributed by atoms with Gasteiger partial charge in [-0.3, -0.25) is 0 Å². The van der Waals surface area contributed by atoms with Gasteiger partial charge < -0.3 is 0 Å². The third kappa shape index (κ3) is 3.78. The molecule has 0 aliphatic rings. The van der Waals surface area contributed by atoms with Crippen LogP contribution in [0, 0.1) is 28.5 Å². The summed E-state index contributed by atoms with van der Waals surface area (Å²) < 4.78 is 40.0. The molecule has 6 heteroatoms. The van der Waals surface area contributed by atoms with Crippen molar-refractivity contribution >= 4 is 10.0 Å². The molecule has 0 aliphatic heterocycles. The van der Waals surface area contributed by atoms with E-state index in [2.05, 4.69) is 4.72 Å². The maximum absolute atomic E-state index is 13.2. The highest BCUT2D eigenvalue weighted by atomic mass is 32.2. The van der Waals surface area contributed by atoms with E-state index in [1.165, 1.54) is 0 Å². The van der Waals surface area contributed by atoms with Crippen LogP contribution >= 0.6 is 0 Å². The van der Waals surface area contributed by atoms with Gasteiger partial charge in [0, 0.05) is 6.54 Å². The fraction of sp³-hybridized carbons (Fsp3) is 0.500. The van der Waals surface area contributed by atoms with E-state index in [0.717, 1.165) is 18.2 Å². The monoisotopic (exact) mass is 298 g/mol. The van der Waals surface area contributed by atoms with Gasteiger partial charge in [-0.05, 0) is 29.5 Å². The van der Waals surface area contributed by atoms with Crippen LogP contribution < -0.4 is 4.72 Å². The Balaban J connectivity index is 2.99. The first-order chi connectivity index (χ1) is 9.10. The van der Waals surface area contributed by atoms with E-state index in [9.17, 15) is 12.8 Å². The van der Waals surface area contributed by atoms with Gasteiger partial charge in [0.05, 0.1) is 10.5 Å². The number of halogens is 1. The van der Waals surface area contributed by atoms with Crippen LogP contribution in [0.5, 0.6) is 0 Å². The maximum Gasteiger partial charge on any atom is 0.240 e. The van der Waals surface area contributed by atoms with Crippen molar-refractivity contribution in [2.75, 3.05) is 6.54 Å². The molecule has 110 valence electrons. The zero-order chi connectivity index (χ0) is 15.6. The van der Waals surface area contributed by atoms with Gasteiger partial charge in [0.15, 0.2) is 0 Å². The quantitative estimate of drug-likeness (QED) is 0.908. The minimum Gasteiger partial charge on any atom is -0.211 e. The van der Waals surface area contributed by atoms with Crippen molar-refractivity contribution in [3.05, 3.63) is 29.6 Å². The van der Waals surface area contributed by atoms with Gasteiger partial charge in [0.2, 0.25) is 10.0 Å². The molecule has 0 radical (unpaired) electrons. The van der Waals surface area contributed by atoms with Crippen LogP contribution in [0.2, 0.25) is 0 Å². The molecule has 4 nitrogen and oxygen atoms in total. The Morgan fingerprint density at radius 3 is 2.50 bits per heavy atom. The molecule has 0 fully saturated rings. The third-order valence-corrected chi connectivity index (χ3v) is 5.05. The number of benzene rings is 1. The van der Waals surface area contributed by atoms with Crippen molar-refractivity contribution in [3.8, 4) is 6.07 Å². The Morgan fingerprint density at radius 1 is 1.40 bits per heavy atom. The Hall–Kier alpha value is -1.45. The summed E-state index contributed by atoms with van der Waals surface area (Å²) in [6, 6.07) is 4.81. The molecule has 0 saturated heterocycles. The maximum atomic E-state index is 13.2. The topological polar surface area (TPSA) is 70.0 Å². The molecule has 20 heavy (non-hydrogen) atoms. The Morgan fingerprint density at radius 2 is 2.00 bits per heavy atom. The fourth-order valence-electron chi connectivity index (χ4n) is 1.33. The van der Waals surface area contributed by atoms with Crippen molar-refractivity contribution in [2.24, 2.45) is 11.3 Å². The second-order valence-electron chi connectivity index (χ2n) is 5.72. The predicted molar refractivity (Wildman–Crippen MR) is 74.9 cm³/mol. The summed E-state index contributed by atoms with van der Waals surface area (Å²) in [5, 5.41) is 8.74. The zero-order valence-corrected chi connectivity index (χ0v) is 12.9. The van der Waals surface area contributed by atoms with Gasteiger partial charge in [-0.15, -0.1) is 0 Å². The van der Waals surface area contributed by atoms with E-state index in [1.54, 1.807) is 6.07 Å². The summed E-state index contributed by atoms with van der Waals surface area (Å²) in [5.74, 6) is -0.429. The lowest BCUT2D eigenvalue weighted by molar-refractivity contribution is 0.252. The molecule has 0 saturated carbocycles. The van der Waals surface area contributed by atoms with Gasteiger partial charge in [-0.2, -0.15) is 5.26 Å². The van der Waals surface area contributed by atoms with Gasteiger partial charge in [0.1, 0.15) is 11.9 Å². The van der Waals surface area contributed by atoms with Gasteiger partial charge in [0.25, 0.3) is 0 Å². The number of nitrogens with one attached hydrogen (secondary N) is 1. The lowest BCUT2D eigenvalue weighted by atomic mass is 9.81. The van der Waals surface area contributed by atoms with Crippen molar-refractivity contribution in [2.45, 2.75) is 32.6 Å². The highest BCUT2D eigenvalue weighted by Crippen LogP contribution is 2.25. The first-order valence-corrected chi connectivity index (χ1v) is 7.78. The van der Waals surface area contributed by atoms with Crippen LogP contribution in [0.25, 0.3) is 0 Å². The highest BCUT2D eigenvalue weighted by molar-refractivity contribution is 7.89. The van der Waals surface area contributed by atoms with Crippen LogP contribution in [-0.2, 0) is 10.0 Å². The van der Waals surface area contributed by atoms with E-state index in [0.29, 0.717) is 5.92 Å². The standard InChI is InChI=1S/C14H19FN2O2S/c1-10(2)14(3,4)9-17-20(18,19)12-5-6-13(15)11(7-12)8-16/h5-7,10,17H,9H2,1-4H3. The molecule has 0 unspecified atom stereocenters. The third-order valence-electron chi connectivity index (χ3n) is 3.65. The molecular formula is C14H19FN2O2S. The molecule has 1 aromatic rings. The molecule has 0 bridgehead atoms. The zero-order valence-electron chi connectivity index (χ0n) is 12.1. The van der Waals surface area contributed by atoms with E-state index in [4.69, 9.17) is 5.26 Å². The predicted octanol–water partition coefficient (Wildman–Crippen LogP) is 2.66. The summed E-state index contributed by atoms with van der Waals surface area (Å²) in [6.07, 6.45) is 0. The summed E-state index contributed by atoms with van der Waals surface area (Å²) in [6.45, 7) is 8.23. The molecule has 1 aromatic carbocycles. The average molecular weight is 298 g/mol. The van der Waals surface area contributed by atoms with Gasteiger partial charge >= 0.3 is 0 Å². The molecule has 0 heterocycles. The minimum absolute atomic E-state index is 0.102. The van der Waals surface area contributed by atoms with Crippen LogP contribution in [0.1, 0.15) is 33.3 Å². The number of hydrogen-bond donors (Lipinski definition) is 1. The smallest absolute Gasteiger partial charge is 0.211 e. The van der Waals surface area contributed by atoms with Crippen molar-refractivity contribution in [3.63, 3.8) is 0 Å². The Bertz CT molecular complexity index is 631. The second kappa shape index (κ2) is 5.90. The molecule has 0 spiro atoms. The van der Waals surface area contributed by atoms with Crippen molar-refractivity contribution in [1.82, 2.24) is 4.72 Å². The van der Waals surface area contributed by atoms with Crippen LogP contribution in [0.3, 0.4) is 0 Å². The van der Waals surface area contributed by atoms with E-state index >= 15 is 0 Å². The summed E-state index contributed by atoms with van der Waals surface area (Å²) in [5.41, 5.74) is -0.485. The number of sulfonamides is 1. The SMILES string of the molecule is CC(C)C(C)(C)CNS(=O)(=O)c1ccc(F)c(C#N)c1. The molecule has 1 rings (SSSR count). The number of nitriles is 1. The van der Waals surface area contributed by atoms with Crippen LogP contribution in [0.15, 0.2) is 23.1 Å². The summed E-state index contributed by atoms with van der Waals surface area (Å²) >= 11 is 0. The van der Waals surface area contributed by atoms with E-state index in [1.807, 2.05) is 27.7 Å². The van der Waals surface area contributed by atoms with Crippen LogP contribution in [0.4, 0.5) is 4.39 Å². The molecule has 0 aliphatic carbocycles. The lowest BCUT2D eigenvalue weighted by Crippen LogP contribution is -2.37. The Labute approximate surface area is 119 Å². The summed E-state index contributed by atoms with van der Waals surface area (Å²) in [4.78, 5) is -0.102. The molecule has 0 amide bonds. The van der Waals surface area contributed by atoms with E-state index < -0.39 is 15.8 Å². The largest absolute Gasteiger partial charge is 0.240 e. The minimum atomic E-state index is -3.74. The average Bonchev–Trinajstić information content (AvgIpc) is 2.37. The fourth-order valence-corrected chi connectivity index (χ4v) is 2.57. The lowest BCUT2D eigenvalue weighted by Gasteiger charge is -2.29. The summed E-state index contributed by atoms with van der Waals surface area (Å²) in [7, 11) is -3.74. The number of hydrogen-bond acceptors (Lipinski definition) is 3. The Kier molecular flexibility index (Phi) is 4.90. The normalized spacial score (nSPS) is 12.4. The number of rotatable bonds is 5. The highest BCUT2D eigenvalue weighted by Gasteiger charge is 2.25. The second-order valence-corrected chi connectivity index (χ2v) is 7.49. The molecule has 1 N–H and O–H groups in total. The van der Waals surface area contributed by atoms with Gasteiger partial charge in [-0.25, -0.2) is 17.5 Å². The van der Waals surface area contributed by atoms with Crippen molar-refractivity contribution < 1.29 is 12.8 Å². The molecular weight excluding hydrogens is 279 g/mol. The number of nitrogens with zero attached hydrogens (tertiary/aromatic N) is 1. The first-order valence-electron chi connectivity index (χ1n) is 6.29. The van der Waals surface area contributed by atoms with Crippen molar-refractivity contribution in [1.29, 1.82) is 5.26 Å². The van der Waals surface area contributed by atoms with Crippen LogP contribution in [-0.4, -0.2) is 15.0 Å².